The Balaban J connectivity index is 1.51. The molecule has 5 nitrogen and oxygen atoms in total. The number of Topliss-reactive ketones (excluding diaryl/α,β-unsaturated/α-hetero) is 1. The molecule has 5 heteroatoms. The van der Waals surface area contributed by atoms with Crippen molar-refractivity contribution < 1.29 is 14.3 Å². The second kappa shape index (κ2) is 7.16. The third-order valence-electron chi connectivity index (χ3n) is 5.47. The van der Waals surface area contributed by atoms with Crippen molar-refractivity contribution in [2.45, 2.75) is 39.7 Å². The van der Waals surface area contributed by atoms with Gasteiger partial charge in [0.2, 0.25) is 6.79 Å². The first-order valence-corrected chi connectivity index (χ1v) is 9.42. The van der Waals surface area contributed by atoms with Crippen LogP contribution in [0.4, 0.5) is 0 Å². The van der Waals surface area contributed by atoms with Gasteiger partial charge in [0.05, 0.1) is 6.54 Å². The van der Waals surface area contributed by atoms with Crippen molar-refractivity contribution in [3.05, 3.63) is 46.8 Å². The molecule has 0 aliphatic carbocycles. The Labute approximate surface area is 154 Å². The summed E-state index contributed by atoms with van der Waals surface area (Å²) in [5, 5.41) is 0. The van der Waals surface area contributed by atoms with E-state index in [4.69, 9.17) is 9.47 Å². The predicted molar refractivity (Wildman–Crippen MR) is 100 cm³/mol. The number of fused-ring (bicyclic) bond motifs is 1. The Morgan fingerprint density at radius 2 is 1.81 bits per heavy atom. The zero-order valence-electron chi connectivity index (χ0n) is 15.6. The SMILES string of the molecule is Cc1cc(C(=O)CN2CCCCC2)c(C)n1Cc1ccc2c(c1)OCO2. The van der Waals surface area contributed by atoms with E-state index in [0.717, 1.165) is 53.6 Å². The van der Waals surface area contributed by atoms with Gasteiger partial charge in [-0.1, -0.05) is 12.5 Å². The third kappa shape index (κ3) is 3.36. The van der Waals surface area contributed by atoms with Gasteiger partial charge in [0.1, 0.15) is 0 Å². The maximum Gasteiger partial charge on any atom is 0.231 e. The van der Waals surface area contributed by atoms with Crippen LogP contribution in [0.3, 0.4) is 0 Å². The first-order chi connectivity index (χ1) is 12.6. The van der Waals surface area contributed by atoms with E-state index in [1.54, 1.807) is 0 Å². The van der Waals surface area contributed by atoms with Crippen LogP contribution in [0.2, 0.25) is 0 Å². The normalized spacial score (nSPS) is 16.8. The Bertz CT molecular complexity index is 819. The summed E-state index contributed by atoms with van der Waals surface area (Å²) in [5.74, 6) is 1.83. The van der Waals surface area contributed by atoms with Gasteiger partial charge in [0.25, 0.3) is 0 Å². The number of nitrogens with zero attached hydrogens (tertiary/aromatic N) is 2. The Morgan fingerprint density at radius 3 is 2.62 bits per heavy atom. The van der Waals surface area contributed by atoms with Crippen LogP contribution in [0.1, 0.15) is 46.6 Å². The van der Waals surface area contributed by atoms with Crippen LogP contribution in [0, 0.1) is 13.8 Å². The standard InChI is InChI=1S/C21H26N2O3/c1-15-10-18(19(24)13-22-8-4-3-5-9-22)16(2)23(15)12-17-6-7-20-21(11-17)26-14-25-20/h6-7,10-11H,3-5,8-9,12-14H2,1-2H3. The fourth-order valence-electron chi connectivity index (χ4n) is 3.95. The van der Waals surface area contributed by atoms with Crippen LogP contribution >= 0.6 is 0 Å². The lowest BCUT2D eigenvalue weighted by molar-refractivity contribution is 0.0915. The molecule has 1 fully saturated rings. The minimum atomic E-state index is 0.233. The number of hydrogen-bond donors (Lipinski definition) is 0. The lowest BCUT2D eigenvalue weighted by Crippen LogP contribution is -2.34. The third-order valence-corrected chi connectivity index (χ3v) is 5.47. The number of aromatic nitrogens is 1. The van der Waals surface area contributed by atoms with Crippen LogP contribution in [-0.4, -0.2) is 41.7 Å². The van der Waals surface area contributed by atoms with Gasteiger partial charge in [-0.2, -0.15) is 0 Å². The molecule has 138 valence electrons. The quantitative estimate of drug-likeness (QED) is 0.770. The van der Waals surface area contributed by atoms with Crippen LogP contribution in [0.15, 0.2) is 24.3 Å². The monoisotopic (exact) mass is 354 g/mol. The van der Waals surface area contributed by atoms with Crippen LogP contribution in [0.25, 0.3) is 0 Å². The molecular weight excluding hydrogens is 328 g/mol. The highest BCUT2D eigenvalue weighted by Crippen LogP contribution is 2.33. The van der Waals surface area contributed by atoms with Crippen LogP contribution in [0.5, 0.6) is 11.5 Å². The van der Waals surface area contributed by atoms with Gasteiger partial charge in [-0.15, -0.1) is 0 Å². The number of rotatable bonds is 5. The van der Waals surface area contributed by atoms with Crippen molar-refractivity contribution in [2.75, 3.05) is 26.4 Å². The van der Waals surface area contributed by atoms with E-state index in [1.165, 1.54) is 19.3 Å². The minimum Gasteiger partial charge on any atom is -0.454 e. The molecule has 0 N–H and O–H groups in total. The molecule has 26 heavy (non-hydrogen) atoms. The second-order valence-electron chi connectivity index (χ2n) is 7.32. The molecule has 1 saturated heterocycles. The average Bonchev–Trinajstić information content (AvgIpc) is 3.22. The van der Waals surface area contributed by atoms with Crippen molar-refractivity contribution in [2.24, 2.45) is 0 Å². The highest BCUT2D eigenvalue weighted by molar-refractivity contribution is 5.99. The molecule has 0 radical (unpaired) electrons. The molecule has 0 bridgehead atoms. The number of ketones is 1. The van der Waals surface area contributed by atoms with Crippen molar-refractivity contribution in [1.29, 1.82) is 0 Å². The number of likely N-dealkylation sites (tertiary alicyclic amines) is 1. The predicted octanol–water partition coefficient (Wildman–Crippen LogP) is 3.55. The Kier molecular flexibility index (Phi) is 4.72. The minimum absolute atomic E-state index is 0.233. The molecule has 2 aromatic rings. The topological polar surface area (TPSA) is 43.7 Å². The van der Waals surface area contributed by atoms with E-state index < -0.39 is 0 Å². The summed E-state index contributed by atoms with van der Waals surface area (Å²) in [7, 11) is 0. The Morgan fingerprint density at radius 1 is 1.04 bits per heavy atom. The van der Waals surface area contributed by atoms with Gasteiger partial charge in [-0.3, -0.25) is 9.69 Å². The molecule has 4 rings (SSSR count). The van der Waals surface area contributed by atoms with E-state index in [-0.39, 0.29) is 12.6 Å². The summed E-state index contributed by atoms with van der Waals surface area (Å²) < 4.78 is 13.1. The van der Waals surface area contributed by atoms with Crippen molar-refractivity contribution >= 4 is 5.78 Å². The number of piperidine rings is 1. The maximum atomic E-state index is 12.8. The summed E-state index contributed by atoms with van der Waals surface area (Å²) in [6, 6.07) is 8.07. The molecular formula is C21H26N2O3. The fourth-order valence-corrected chi connectivity index (χ4v) is 3.95. The molecule has 2 aliphatic rings. The molecule has 1 aromatic carbocycles. The summed E-state index contributed by atoms with van der Waals surface area (Å²) in [4.78, 5) is 15.1. The first kappa shape index (κ1) is 17.2. The van der Waals surface area contributed by atoms with Gasteiger partial charge in [-0.05, 0) is 63.5 Å². The number of hydrogen-bond acceptors (Lipinski definition) is 4. The largest absolute Gasteiger partial charge is 0.454 e. The molecule has 0 unspecified atom stereocenters. The van der Waals surface area contributed by atoms with Gasteiger partial charge in [0, 0.05) is 23.5 Å². The Hall–Kier alpha value is -2.27. The van der Waals surface area contributed by atoms with Crippen LogP contribution < -0.4 is 9.47 Å². The number of carbonyl (C=O) groups is 1. The molecule has 0 saturated carbocycles. The van der Waals surface area contributed by atoms with Crippen molar-refractivity contribution in [3.8, 4) is 11.5 Å². The summed E-state index contributed by atoms with van der Waals surface area (Å²) in [6.07, 6.45) is 3.70. The molecule has 2 aliphatic heterocycles. The second-order valence-corrected chi connectivity index (χ2v) is 7.32. The van der Waals surface area contributed by atoms with E-state index in [0.29, 0.717) is 6.54 Å². The number of carbonyl (C=O) groups excluding carboxylic acids is 1. The molecule has 1 aromatic heterocycles. The highest BCUT2D eigenvalue weighted by atomic mass is 16.7. The van der Waals surface area contributed by atoms with Gasteiger partial charge >= 0.3 is 0 Å². The molecule has 0 amide bonds. The molecule has 0 atom stereocenters. The molecule has 0 spiro atoms. The first-order valence-electron chi connectivity index (χ1n) is 9.42. The van der Waals surface area contributed by atoms with Gasteiger partial charge < -0.3 is 14.0 Å². The lowest BCUT2D eigenvalue weighted by Gasteiger charge is -2.25. The maximum absolute atomic E-state index is 12.8. The van der Waals surface area contributed by atoms with E-state index in [2.05, 4.69) is 22.5 Å². The van der Waals surface area contributed by atoms with Crippen LogP contribution in [-0.2, 0) is 6.54 Å². The van der Waals surface area contributed by atoms with Gasteiger partial charge in [0.15, 0.2) is 17.3 Å². The zero-order valence-corrected chi connectivity index (χ0v) is 15.6. The van der Waals surface area contributed by atoms with E-state index in [1.807, 2.05) is 25.1 Å². The summed E-state index contributed by atoms with van der Waals surface area (Å²) in [6.45, 7) is 7.75. The average molecular weight is 354 g/mol. The molecule has 3 heterocycles. The number of aryl methyl sites for hydroxylation is 1. The van der Waals surface area contributed by atoms with E-state index >= 15 is 0 Å². The highest BCUT2D eigenvalue weighted by Gasteiger charge is 2.20. The summed E-state index contributed by atoms with van der Waals surface area (Å²) >= 11 is 0. The zero-order chi connectivity index (χ0) is 18.1. The lowest BCUT2D eigenvalue weighted by atomic mass is 10.1. The summed E-state index contributed by atoms with van der Waals surface area (Å²) in [5.41, 5.74) is 4.16. The number of benzene rings is 1. The van der Waals surface area contributed by atoms with E-state index in [9.17, 15) is 4.79 Å². The smallest absolute Gasteiger partial charge is 0.231 e. The number of ether oxygens (including phenoxy) is 2. The van der Waals surface area contributed by atoms with Gasteiger partial charge in [-0.25, -0.2) is 0 Å². The van der Waals surface area contributed by atoms with Crippen molar-refractivity contribution in [1.82, 2.24) is 9.47 Å². The van der Waals surface area contributed by atoms with Crippen molar-refractivity contribution in [3.63, 3.8) is 0 Å². The fraction of sp³-hybridized carbons (Fsp3) is 0.476.